The maximum Gasteiger partial charge on any atom is 0.371 e. The maximum atomic E-state index is 13.6. The molecule has 0 N–H and O–H groups in total. The van der Waals surface area contributed by atoms with E-state index in [1.807, 2.05) is 0 Å². The van der Waals surface area contributed by atoms with Crippen molar-refractivity contribution in [3.8, 4) is 0 Å². The third-order valence-electron chi connectivity index (χ3n) is 5.92. The molecular formula is C17H19F2NO2. The fourth-order valence-electron chi connectivity index (χ4n) is 3.90. The first-order valence-corrected chi connectivity index (χ1v) is 7.50. The zero-order valence-corrected chi connectivity index (χ0v) is 13.0. The topological polar surface area (TPSA) is 38.7 Å². The van der Waals surface area contributed by atoms with Gasteiger partial charge in [-0.3, -0.25) is 0 Å². The van der Waals surface area contributed by atoms with E-state index in [1.54, 1.807) is 0 Å². The number of nitrogens with zero attached hydrogens (tertiary/aromatic N) is 1. The molecule has 2 fully saturated rings. The zero-order chi connectivity index (χ0) is 16.1. The number of oxime groups is 1. The minimum Gasteiger partial charge on any atom is -0.313 e. The van der Waals surface area contributed by atoms with Gasteiger partial charge in [0, 0.05) is 5.41 Å². The lowest BCUT2D eigenvalue weighted by Crippen LogP contribution is -2.32. The molecule has 0 radical (unpaired) electrons. The van der Waals surface area contributed by atoms with Crippen LogP contribution >= 0.6 is 0 Å². The Bertz CT molecular complexity index is 648. The predicted molar refractivity (Wildman–Crippen MR) is 78.4 cm³/mol. The van der Waals surface area contributed by atoms with E-state index in [2.05, 4.69) is 25.9 Å². The first-order valence-electron chi connectivity index (χ1n) is 7.50. The third kappa shape index (κ3) is 1.98. The van der Waals surface area contributed by atoms with Crippen LogP contribution in [0.2, 0.25) is 0 Å². The zero-order valence-electron chi connectivity index (χ0n) is 13.0. The molecule has 3 nitrogen and oxygen atoms in total. The molecule has 0 aliphatic heterocycles. The quantitative estimate of drug-likeness (QED) is 0.603. The van der Waals surface area contributed by atoms with Gasteiger partial charge in [0.2, 0.25) is 0 Å². The van der Waals surface area contributed by atoms with E-state index >= 15 is 0 Å². The summed E-state index contributed by atoms with van der Waals surface area (Å²) in [4.78, 5) is 16.8. The Balaban J connectivity index is 1.83. The third-order valence-corrected chi connectivity index (χ3v) is 5.92. The summed E-state index contributed by atoms with van der Waals surface area (Å²) < 4.78 is 27.1. The van der Waals surface area contributed by atoms with Crippen molar-refractivity contribution in [1.82, 2.24) is 0 Å². The van der Waals surface area contributed by atoms with E-state index in [9.17, 15) is 13.6 Å². The van der Waals surface area contributed by atoms with Crippen LogP contribution in [0.15, 0.2) is 23.4 Å². The number of carbonyl (C=O) groups is 1. The van der Waals surface area contributed by atoms with Crippen LogP contribution in [0.1, 0.15) is 50.4 Å². The summed E-state index contributed by atoms with van der Waals surface area (Å²) in [5.74, 6) is -2.46. The summed E-state index contributed by atoms with van der Waals surface area (Å²) in [7, 11) is 0. The summed E-state index contributed by atoms with van der Waals surface area (Å²) >= 11 is 0. The fourth-order valence-corrected chi connectivity index (χ4v) is 3.90. The first-order chi connectivity index (χ1) is 10.3. The summed E-state index contributed by atoms with van der Waals surface area (Å²) in [6, 6.07) is 3.25. The molecule has 2 aliphatic carbocycles. The molecule has 0 unspecified atom stereocenters. The first kappa shape index (κ1) is 15.1. The highest BCUT2D eigenvalue weighted by Gasteiger charge is 2.60. The number of hydrogen-bond acceptors (Lipinski definition) is 3. The molecule has 0 amide bonds. The Hall–Kier alpha value is -1.78. The van der Waals surface area contributed by atoms with Crippen molar-refractivity contribution in [2.24, 2.45) is 21.9 Å². The van der Waals surface area contributed by atoms with Crippen molar-refractivity contribution in [2.45, 2.75) is 40.0 Å². The van der Waals surface area contributed by atoms with Gasteiger partial charge in [-0.15, -0.1) is 0 Å². The van der Waals surface area contributed by atoms with Gasteiger partial charge in [-0.1, -0.05) is 32.0 Å². The Kier molecular flexibility index (Phi) is 3.34. The standard InChI is InChI=1S/C17H19F2NO2/c1-16(2)10-7-8-17(16,3)13(9-10)20-22-15(21)14-11(18)5-4-6-12(14)19/h4-6,10H,7-9H2,1-3H3/b20-13-/t10-,17-/m1/s1. The fraction of sp³-hybridized carbons (Fsp3) is 0.529. The van der Waals surface area contributed by atoms with Crippen LogP contribution in [0, 0.1) is 28.4 Å². The molecule has 2 bridgehead atoms. The van der Waals surface area contributed by atoms with E-state index in [0.717, 1.165) is 37.1 Å². The van der Waals surface area contributed by atoms with E-state index in [1.165, 1.54) is 6.07 Å². The summed E-state index contributed by atoms with van der Waals surface area (Å²) in [5, 5.41) is 3.97. The highest BCUT2D eigenvalue weighted by Crippen LogP contribution is 2.63. The molecule has 2 aliphatic rings. The van der Waals surface area contributed by atoms with Gasteiger partial charge in [-0.2, -0.15) is 0 Å². The van der Waals surface area contributed by atoms with Crippen LogP contribution < -0.4 is 0 Å². The van der Waals surface area contributed by atoms with Crippen LogP contribution in [0.4, 0.5) is 8.78 Å². The lowest BCUT2D eigenvalue weighted by molar-refractivity contribution is 0.0497. The van der Waals surface area contributed by atoms with Crippen molar-refractivity contribution in [1.29, 1.82) is 0 Å². The molecule has 1 aromatic rings. The van der Waals surface area contributed by atoms with Crippen LogP contribution in [-0.4, -0.2) is 11.7 Å². The van der Waals surface area contributed by atoms with Gasteiger partial charge in [0.25, 0.3) is 0 Å². The molecule has 1 aromatic carbocycles. The van der Waals surface area contributed by atoms with Crippen LogP contribution in [0.3, 0.4) is 0 Å². The van der Waals surface area contributed by atoms with Crippen molar-refractivity contribution < 1.29 is 18.4 Å². The number of benzene rings is 1. The van der Waals surface area contributed by atoms with Crippen molar-refractivity contribution in [2.75, 3.05) is 0 Å². The lowest BCUT2D eigenvalue weighted by Gasteiger charge is -2.34. The molecule has 0 heterocycles. The summed E-state index contributed by atoms with van der Waals surface area (Å²) in [6.07, 6.45) is 2.91. The van der Waals surface area contributed by atoms with Crippen molar-refractivity contribution >= 4 is 11.7 Å². The number of halogens is 2. The Morgan fingerprint density at radius 1 is 1.27 bits per heavy atom. The van der Waals surface area contributed by atoms with E-state index < -0.39 is 23.2 Å². The molecule has 2 saturated carbocycles. The average Bonchev–Trinajstić information content (AvgIpc) is 2.77. The van der Waals surface area contributed by atoms with Gasteiger partial charge < -0.3 is 4.84 Å². The molecule has 2 atom stereocenters. The second-order valence-electron chi connectivity index (χ2n) is 7.01. The highest BCUT2D eigenvalue weighted by molar-refractivity contribution is 5.95. The van der Waals surface area contributed by atoms with Gasteiger partial charge >= 0.3 is 5.97 Å². The van der Waals surface area contributed by atoms with Crippen LogP contribution in [0.25, 0.3) is 0 Å². The molecule has 0 aromatic heterocycles. The maximum absolute atomic E-state index is 13.6. The summed E-state index contributed by atoms with van der Waals surface area (Å²) in [6.45, 7) is 6.52. The van der Waals surface area contributed by atoms with Crippen LogP contribution in [-0.2, 0) is 4.84 Å². The molecule has 22 heavy (non-hydrogen) atoms. The average molecular weight is 307 g/mol. The number of fused-ring (bicyclic) bond motifs is 2. The van der Waals surface area contributed by atoms with Gasteiger partial charge in [0.05, 0.1) is 5.71 Å². The number of carbonyl (C=O) groups excluding carboxylic acids is 1. The Morgan fingerprint density at radius 2 is 1.91 bits per heavy atom. The molecular weight excluding hydrogens is 288 g/mol. The van der Waals surface area contributed by atoms with E-state index in [4.69, 9.17) is 4.84 Å². The smallest absolute Gasteiger partial charge is 0.313 e. The van der Waals surface area contributed by atoms with Gasteiger partial charge in [0.15, 0.2) is 0 Å². The summed E-state index contributed by atoms with van der Waals surface area (Å²) in [5.41, 5.74) is 0.103. The SMILES string of the molecule is CC1(C)[C@@H]2CC[C@]1(C)/C(=N\OC(=O)c1c(F)cccc1F)C2. The van der Waals surface area contributed by atoms with Crippen LogP contribution in [0.5, 0.6) is 0 Å². The molecule has 118 valence electrons. The largest absolute Gasteiger partial charge is 0.371 e. The Labute approximate surface area is 128 Å². The molecule has 0 spiro atoms. The second kappa shape index (κ2) is 4.86. The molecule has 3 rings (SSSR count). The molecule has 0 saturated heterocycles. The lowest BCUT2D eigenvalue weighted by atomic mass is 9.70. The van der Waals surface area contributed by atoms with Gasteiger partial charge in [0.1, 0.15) is 17.2 Å². The monoisotopic (exact) mass is 307 g/mol. The minimum atomic E-state index is -1.09. The number of hydrogen-bond donors (Lipinski definition) is 0. The Morgan fingerprint density at radius 3 is 2.41 bits per heavy atom. The van der Waals surface area contributed by atoms with Crippen molar-refractivity contribution in [3.05, 3.63) is 35.4 Å². The minimum absolute atomic E-state index is 0.0987. The van der Waals surface area contributed by atoms with E-state index in [-0.39, 0.29) is 10.8 Å². The number of rotatable bonds is 2. The predicted octanol–water partition coefficient (Wildman–Crippen LogP) is 4.32. The normalized spacial score (nSPS) is 30.8. The van der Waals surface area contributed by atoms with Gasteiger partial charge in [-0.05, 0) is 42.7 Å². The molecule has 5 heteroatoms. The van der Waals surface area contributed by atoms with E-state index in [0.29, 0.717) is 5.92 Å². The van der Waals surface area contributed by atoms with Crippen molar-refractivity contribution in [3.63, 3.8) is 0 Å². The second-order valence-corrected chi connectivity index (χ2v) is 7.01. The highest BCUT2D eigenvalue weighted by atomic mass is 19.1. The van der Waals surface area contributed by atoms with Gasteiger partial charge in [-0.25, -0.2) is 13.6 Å².